The molecule has 0 spiro atoms. The fourth-order valence-corrected chi connectivity index (χ4v) is 2.48. The maximum atomic E-state index is 12.2. The number of carbonyl (C=O) groups is 2. The van der Waals surface area contributed by atoms with Crippen LogP contribution in [-0.4, -0.2) is 74.1 Å². The summed E-state index contributed by atoms with van der Waals surface area (Å²) in [5.74, 6) is -0.140. The van der Waals surface area contributed by atoms with Gasteiger partial charge in [0, 0.05) is 45.7 Å². The second-order valence-corrected chi connectivity index (χ2v) is 5.45. The fraction of sp³-hybridized carbons (Fsp3) is 0.625. The molecule has 1 saturated heterocycles. The summed E-state index contributed by atoms with van der Waals surface area (Å²) >= 11 is 0. The van der Waals surface area contributed by atoms with Crippen molar-refractivity contribution in [1.82, 2.24) is 15.1 Å². The zero-order valence-corrected chi connectivity index (χ0v) is 13.6. The van der Waals surface area contributed by atoms with Gasteiger partial charge in [-0.3, -0.25) is 14.5 Å². The van der Waals surface area contributed by atoms with Gasteiger partial charge in [-0.25, -0.2) is 0 Å². The van der Waals surface area contributed by atoms with Crippen molar-refractivity contribution in [3.63, 3.8) is 0 Å². The molecule has 1 aliphatic rings. The molecule has 1 aromatic rings. The largest absolute Gasteiger partial charge is 0.472 e. The van der Waals surface area contributed by atoms with Gasteiger partial charge in [0.1, 0.15) is 6.26 Å². The maximum absolute atomic E-state index is 12.2. The molecule has 0 aliphatic carbocycles. The van der Waals surface area contributed by atoms with E-state index >= 15 is 0 Å². The van der Waals surface area contributed by atoms with Crippen molar-refractivity contribution in [1.29, 1.82) is 0 Å². The van der Waals surface area contributed by atoms with Crippen LogP contribution in [0.25, 0.3) is 0 Å². The summed E-state index contributed by atoms with van der Waals surface area (Å²) in [6.45, 7) is 7.67. The summed E-state index contributed by atoms with van der Waals surface area (Å²) in [7, 11) is 0. The lowest BCUT2D eigenvalue weighted by atomic mass is 10.2. The Labute approximate surface area is 136 Å². The molecular formula is C16H25N3O4. The molecular weight excluding hydrogens is 298 g/mol. The highest BCUT2D eigenvalue weighted by Gasteiger charge is 2.16. The van der Waals surface area contributed by atoms with E-state index < -0.39 is 0 Å². The molecule has 0 bridgehead atoms. The number of hydrogen-bond acceptors (Lipinski definition) is 5. The highest BCUT2D eigenvalue weighted by molar-refractivity contribution is 5.94. The molecule has 2 heterocycles. The van der Waals surface area contributed by atoms with Crippen molar-refractivity contribution < 1.29 is 18.7 Å². The van der Waals surface area contributed by atoms with Crippen LogP contribution in [0.1, 0.15) is 23.7 Å². The molecule has 1 aliphatic heterocycles. The van der Waals surface area contributed by atoms with Crippen molar-refractivity contribution >= 4 is 11.8 Å². The Balaban J connectivity index is 1.65. The Hall–Kier alpha value is -1.86. The molecule has 23 heavy (non-hydrogen) atoms. The molecule has 0 unspecified atom stereocenters. The van der Waals surface area contributed by atoms with Crippen molar-refractivity contribution in [2.24, 2.45) is 0 Å². The predicted octanol–water partition coefficient (Wildman–Crippen LogP) is 0.580. The third-order valence-electron chi connectivity index (χ3n) is 3.90. The average molecular weight is 323 g/mol. The van der Waals surface area contributed by atoms with Gasteiger partial charge < -0.3 is 19.4 Å². The van der Waals surface area contributed by atoms with Gasteiger partial charge in [0.25, 0.3) is 5.91 Å². The average Bonchev–Trinajstić information content (AvgIpc) is 3.10. The zero-order valence-electron chi connectivity index (χ0n) is 13.6. The maximum Gasteiger partial charge on any atom is 0.257 e. The highest BCUT2D eigenvalue weighted by atomic mass is 16.5. The summed E-state index contributed by atoms with van der Waals surface area (Å²) in [6, 6.07) is 1.63. The van der Waals surface area contributed by atoms with E-state index in [9.17, 15) is 9.59 Å². The minimum Gasteiger partial charge on any atom is -0.472 e. The van der Waals surface area contributed by atoms with E-state index in [-0.39, 0.29) is 11.8 Å². The first-order chi connectivity index (χ1) is 11.2. The molecule has 0 saturated carbocycles. The van der Waals surface area contributed by atoms with Crippen LogP contribution in [0.4, 0.5) is 0 Å². The molecule has 2 rings (SSSR count). The third kappa shape index (κ3) is 5.69. The monoisotopic (exact) mass is 323 g/mol. The van der Waals surface area contributed by atoms with Crippen molar-refractivity contribution in [3.05, 3.63) is 24.2 Å². The van der Waals surface area contributed by atoms with Crippen molar-refractivity contribution in [3.8, 4) is 0 Å². The van der Waals surface area contributed by atoms with Gasteiger partial charge >= 0.3 is 0 Å². The number of rotatable bonds is 8. The molecule has 2 amide bonds. The molecule has 0 radical (unpaired) electrons. The first-order valence-electron chi connectivity index (χ1n) is 8.09. The second-order valence-electron chi connectivity index (χ2n) is 5.45. The SMILES string of the molecule is CCN(CCC(=O)NCCN1CCOCC1)C(=O)c1ccoc1. The molecule has 7 heteroatoms. The van der Waals surface area contributed by atoms with Crippen LogP contribution in [0.15, 0.2) is 23.0 Å². The smallest absolute Gasteiger partial charge is 0.257 e. The second kappa shape index (κ2) is 9.32. The van der Waals surface area contributed by atoms with Crippen LogP contribution < -0.4 is 5.32 Å². The van der Waals surface area contributed by atoms with Crippen LogP contribution in [-0.2, 0) is 9.53 Å². The van der Waals surface area contributed by atoms with Crippen molar-refractivity contribution in [2.75, 3.05) is 52.5 Å². The lowest BCUT2D eigenvalue weighted by molar-refractivity contribution is -0.121. The Morgan fingerprint density at radius 1 is 1.35 bits per heavy atom. The Kier molecular flexibility index (Phi) is 7.09. The van der Waals surface area contributed by atoms with Crippen molar-refractivity contribution in [2.45, 2.75) is 13.3 Å². The van der Waals surface area contributed by atoms with E-state index in [0.717, 1.165) is 32.8 Å². The Bertz CT molecular complexity index is 484. The number of morpholine rings is 1. The summed E-state index contributed by atoms with van der Waals surface area (Å²) in [5, 5.41) is 2.91. The van der Waals surface area contributed by atoms with Gasteiger partial charge in [0.2, 0.25) is 5.91 Å². The number of nitrogens with zero attached hydrogens (tertiary/aromatic N) is 2. The Morgan fingerprint density at radius 3 is 2.78 bits per heavy atom. The minimum atomic E-state index is -0.109. The Morgan fingerprint density at radius 2 is 2.13 bits per heavy atom. The van der Waals surface area contributed by atoms with Crippen LogP contribution in [0.2, 0.25) is 0 Å². The number of hydrogen-bond donors (Lipinski definition) is 1. The number of ether oxygens (including phenoxy) is 1. The summed E-state index contributed by atoms with van der Waals surface area (Å²) < 4.78 is 10.2. The predicted molar refractivity (Wildman–Crippen MR) is 85.2 cm³/mol. The van der Waals surface area contributed by atoms with Crippen LogP contribution in [0.5, 0.6) is 0 Å². The molecule has 0 atom stereocenters. The summed E-state index contributed by atoms with van der Waals surface area (Å²) in [4.78, 5) is 28.0. The zero-order chi connectivity index (χ0) is 16.5. The highest BCUT2D eigenvalue weighted by Crippen LogP contribution is 2.06. The molecule has 1 fully saturated rings. The van der Waals surface area contributed by atoms with Gasteiger partial charge in [-0.1, -0.05) is 0 Å². The van der Waals surface area contributed by atoms with Gasteiger partial charge in [0.15, 0.2) is 0 Å². The molecule has 1 aromatic heterocycles. The van der Waals surface area contributed by atoms with E-state index in [0.29, 0.717) is 31.6 Å². The van der Waals surface area contributed by atoms with E-state index in [1.54, 1.807) is 11.0 Å². The normalized spacial score (nSPS) is 15.3. The van der Waals surface area contributed by atoms with Gasteiger partial charge in [-0.05, 0) is 13.0 Å². The molecule has 128 valence electrons. The molecule has 1 N–H and O–H groups in total. The standard InChI is InChI=1S/C16H25N3O4/c1-2-19(16(21)14-4-10-23-13-14)6-3-15(20)17-5-7-18-8-11-22-12-9-18/h4,10,13H,2-3,5-9,11-12H2,1H3,(H,17,20). The quantitative estimate of drug-likeness (QED) is 0.757. The van der Waals surface area contributed by atoms with Gasteiger partial charge in [-0.15, -0.1) is 0 Å². The first kappa shape index (κ1) is 17.5. The lowest BCUT2D eigenvalue weighted by Crippen LogP contribution is -2.42. The fourth-order valence-electron chi connectivity index (χ4n) is 2.48. The number of amides is 2. The lowest BCUT2D eigenvalue weighted by Gasteiger charge is -2.26. The van der Waals surface area contributed by atoms with E-state index in [1.807, 2.05) is 6.92 Å². The number of carbonyl (C=O) groups excluding carboxylic acids is 2. The number of nitrogens with one attached hydrogen (secondary N) is 1. The summed E-state index contributed by atoms with van der Waals surface area (Å²) in [5.41, 5.74) is 0.513. The van der Waals surface area contributed by atoms with Gasteiger partial charge in [0.05, 0.1) is 25.0 Å². The van der Waals surface area contributed by atoms with Crippen LogP contribution in [0.3, 0.4) is 0 Å². The minimum absolute atomic E-state index is 0.0308. The van der Waals surface area contributed by atoms with Crippen LogP contribution in [0, 0.1) is 0 Å². The van der Waals surface area contributed by atoms with Crippen LogP contribution >= 0.6 is 0 Å². The van der Waals surface area contributed by atoms with E-state index in [2.05, 4.69) is 10.2 Å². The number of furan rings is 1. The third-order valence-corrected chi connectivity index (χ3v) is 3.90. The van der Waals surface area contributed by atoms with E-state index in [4.69, 9.17) is 9.15 Å². The van der Waals surface area contributed by atoms with Gasteiger partial charge in [-0.2, -0.15) is 0 Å². The topological polar surface area (TPSA) is 75.0 Å². The molecule has 0 aromatic carbocycles. The van der Waals surface area contributed by atoms with E-state index in [1.165, 1.54) is 12.5 Å². The molecule has 7 nitrogen and oxygen atoms in total. The first-order valence-corrected chi connectivity index (χ1v) is 8.09. The summed E-state index contributed by atoms with van der Waals surface area (Å²) in [6.07, 6.45) is 3.20.